The van der Waals surface area contributed by atoms with Gasteiger partial charge in [-0.15, -0.1) is 0 Å². The predicted octanol–water partition coefficient (Wildman–Crippen LogP) is 1.80. The molecule has 0 fully saturated rings. The largest absolute Gasteiger partial charge is 0.280 e. The van der Waals surface area contributed by atoms with E-state index in [1.165, 1.54) is 6.07 Å². The van der Waals surface area contributed by atoms with Crippen LogP contribution in [0.5, 0.6) is 0 Å². The third-order valence-corrected chi connectivity index (χ3v) is 2.54. The lowest BCUT2D eigenvalue weighted by molar-refractivity contribution is -0.688. The molecular weight excluding hydrogens is 230 g/mol. The van der Waals surface area contributed by atoms with Crippen molar-refractivity contribution in [2.24, 2.45) is 0 Å². The summed E-state index contributed by atoms with van der Waals surface area (Å²) in [5.41, 5.74) is 0.851. The number of aromatic nitrogens is 1. The van der Waals surface area contributed by atoms with Crippen LogP contribution in [0.15, 0.2) is 48.8 Å². The van der Waals surface area contributed by atoms with Crippen molar-refractivity contribution in [2.75, 3.05) is 0 Å². The molecule has 5 heteroatoms. The number of benzene rings is 1. The molecule has 1 aromatic carbocycles. The van der Waals surface area contributed by atoms with Gasteiger partial charge in [-0.1, -0.05) is 6.07 Å². The standard InChI is InChI=1S/C13H10N3O2/c14-9-11-4-5-12(13(8-11)16(17)18)10-15-6-2-1-3-7-15/h1-8H,10H2/q+1. The van der Waals surface area contributed by atoms with E-state index in [1.807, 2.05) is 41.2 Å². The number of hydrogen-bond acceptors (Lipinski definition) is 3. The second-order valence-electron chi connectivity index (χ2n) is 3.76. The van der Waals surface area contributed by atoms with Crippen LogP contribution in [0.3, 0.4) is 0 Å². The van der Waals surface area contributed by atoms with Gasteiger partial charge in [-0.3, -0.25) is 10.1 Å². The number of rotatable bonds is 3. The van der Waals surface area contributed by atoms with Crippen molar-refractivity contribution in [3.05, 3.63) is 70.0 Å². The monoisotopic (exact) mass is 240 g/mol. The molecule has 1 aromatic heterocycles. The van der Waals surface area contributed by atoms with Gasteiger partial charge in [-0.05, 0) is 12.1 Å². The maximum absolute atomic E-state index is 11.0. The Balaban J connectivity index is 2.39. The molecule has 0 unspecified atom stereocenters. The minimum atomic E-state index is -0.459. The summed E-state index contributed by atoms with van der Waals surface area (Å²) in [6, 6.07) is 12.0. The Hall–Kier alpha value is -2.74. The Labute approximate surface area is 104 Å². The second-order valence-corrected chi connectivity index (χ2v) is 3.76. The number of nitrogens with zero attached hydrogens (tertiary/aromatic N) is 3. The fourth-order valence-electron chi connectivity index (χ4n) is 1.67. The van der Waals surface area contributed by atoms with E-state index < -0.39 is 4.92 Å². The molecule has 0 bridgehead atoms. The van der Waals surface area contributed by atoms with Crippen molar-refractivity contribution in [1.82, 2.24) is 0 Å². The predicted molar refractivity (Wildman–Crippen MR) is 63.6 cm³/mol. The van der Waals surface area contributed by atoms with Crippen LogP contribution in [0.4, 0.5) is 5.69 Å². The first kappa shape index (κ1) is 11.7. The summed E-state index contributed by atoms with van der Waals surface area (Å²) in [5, 5.41) is 19.7. The van der Waals surface area contributed by atoms with Gasteiger partial charge in [-0.2, -0.15) is 5.26 Å². The number of hydrogen-bond donors (Lipinski definition) is 0. The Bertz CT molecular complexity index is 618. The SMILES string of the molecule is N#Cc1ccc(C[n+]2ccccc2)c([N+](=O)[O-])c1. The summed E-state index contributed by atoms with van der Waals surface area (Å²) in [6.07, 6.45) is 3.67. The number of nitriles is 1. The van der Waals surface area contributed by atoms with E-state index in [4.69, 9.17) is 5.26 Å². The molecule has 18 heavy (non-hydrogen) atoms. The third kappa shape index (κ3) is 2.50. The number of nitro benzene ring substituents is 1. The zero-order valence-corrected chi connectivity index (χ0v) is 9.48. The van der Waals surface area contributed by atoms with Crippen molar-refractivity contribution in [1.29, 1.82) is 5.26 Å². The van der Waals surface area contributed by atoms with Crippen LogP contribution in [-0.4, -0.2) is 4.92 Å². The summed E-state index contributed by atoms with van der Waals surface area (Å²) in [7, 11) is 0. The van der Waals surface area contributed by atoms with Gasteiger partial charge in [0, 0.05) is 18.2 Å². The lowest BCUT2D eigenvalue weighted by Crippen LogP contribution is -2.33. The Kier molecular flexibility index (Phi) is 3.30. The van der Waals surface area contributed by atoms with Gasteiger partial charge in [0.1, 0.15) is 0 Å². The van der Waals surface area contributed by atoms with E-state index in [1.54, 1.807) is 12.1 Å². The van der Waals surface area contributed by atoms with Gasteiger partial charge in [0.05, 0.1) is 22.1 Å². The highest BCUT2D eigenvalue weighted by atomic mass is 16.6. The van der Waals surface area contributed by atoms with Crippen LogP contribution in [0.2, 0.25) is 0 Å². The molecule has 0 spiro atoms. The maximum Gasteiger partial charge on any atom is 0.280 e. The highest BCUT2D eigenvalue weighted by Crippen LogP contribution is 2.19. The maximum atomic E-state index is 11.0. The van der Waals surface area contributed by atoms with Gasteiger partial charge in [0.25, 0.3) is 5.69 Å². The lowest BCUT2D eigenvalue weighted by Gasteiger charge is -2.00. The van der Waals surface area contributed by atoms with Crippen LogP contribution in [-0.2, 0) is 6.54 Å². The number of nitro groups is 1. The van der Waals surface area contributed by atoms with Crippen molar-refractivity contribution in [3.8, 4) is 6.07 Å². The fourth-order valence-corrected chi connectivity index (χ4v) is 1.67. The summed E-state index contributed by atoms with van der Waals surface area (Å²) >= 11 is 0. The first-order chi connectivity index (χ1) is 8.70. The van der Waals surface area contributed by atoms with Crippen LogP contribution < -0.4 is 4.57 Å². The lowest BCUT2D eigenvalue weighted by atomic mass is 10.1. The highest BCUT2D eigenvalue weighted by Gasteiger charge is 2.17. The molecule has 0 saturated carbocycles. The van der Waals surface area contributed by atoms with Gasteiger partial charge in [0.15, 0.2) is 18.9 Å². The molecule has 0 aliphatic rings. The quantitative estimate of drug-likeness (QED) is 0.466. The number of pyridine rings is 1. The molecule has 1 heterocycles. The molecule has 0 atom stereocenters. The van der Waals surface area contributed by atoms with Gasteiger partial charge in [0.2, 0.25) is 0 Å². The molecular formula is C13H10N3O2+. The molecule has 0 radical (unpaired) electrons. The van der Waals surface area contributed by atoms with Crippen LogP contribution in [0.25, 0.3) is 0 Å². The molecule has 0 N–H and O–H groups in total. The molecule has 2 aromatic rings. The van der Waals surface area contributed by atoms with Gasteiger partial charge in [-0.25, -0.2) is 4.57 Å². The highest BCUT2D eigenvalue weighted by molar-refractivity contribution is 5.46. The van der Waals surface area contributed by atoms with Crippen LogP contribution >= 0.6 is 0 Å². The minimum Gasteiger partial charge on any atom is -0.258 e. The van der Waals surface area contributed by atoms with Crippen molar-refractivity contribution < 1.29 is 9.49 Å². The third-order valence-electron chi connectivity index (χ3n) is 2.54. The van der Waals surface area contributed by atoms with Crippen LogP contribution in [0.1, 0.15) is 11.1 Å². The van der Waals surface area contributed by atoms with E-state index in [9.17, 15) is 10.1 Å². The van der Waals surface area contributed by atoms with E-state index in [-0.39, 0.29) is 5.69 Å². The summed E-state index contributed by atoms with van der Waals surface area (Å²) in [5.74, 6) is 0. The molecule has 5 nitrogen and oxygen atoms in total. The first-order valence-electron chi connectivity index (χ1n) is 5.32. The summed E-state index contributed by atoms with van der Waals surface area (Å²) in [6.45, 7) is 0.406. The van der Waals surface area contributed by atoms with Crippen LogP contribution in [0, 0.1) is 21.4 Å². The topological polar surface area (TPSA) is 70.8 Å². The van der Waals surface area contributed by atoms with Crippen molar-refractivity contribution >= 4 is 5.69 Å². The van der Waals surface area contributed by atoms with E-state index in [2.05, 4.69) is 0 Å². The molecule has 0 aliphatic heterocycles. The smallest absolute Gasteiger partial charge is 0.258 e. The molecule has 88 valence electrons. The van der Waals surface area contributed by atoms with Crippen molar-refractivity contribution in [3.63, 3.8) is 0 Å². The second kappa shape index (κ2) is 5.06. The molecule has 0 saturated heterocycles. The van der Waals surface area contributed by atoms with Crippen molar-refractivity contribution in [2.45, 2.75) is 6.54 Å². The van der Waals surface area contributed by atoms with Gasteiger partial charge >= 0.3 is 0 Å². The molecule has 0 aliphatic carbocycles. The normalized spacial score (nSPS) is 9.72. The Morgan fingerprint density at radius 3 is 2.61 bits per heavy atom. The average molecular weight is 240 g/mol. The van der Waals surface area contributed by atoms with E-state index in [0.29, 0.717) is 17.7 Å². The molecule has 0 amide bonds. The average Bonchev–Trinajstić information content (AvgIpc) is 2.40. The zero-order valence-electron chi connectivity index (χ0n) is 9.48. The van der Waals surface area contributed by atoms with Gasteiger partial charge < -0.3 is 0 Å². The Morgan fingerprint density at radius 2 is 2.00 bits per heavy atom. The summed E-state index contributed by atoms with van der Waals surface area (Å²) in [4.78, 5) is 10.5. The zero-order chi connectivity index (χ0) is 13.0. The fraction of sp³-hybridized carbons (Fsp3) is 0.0769. The first-order valence-corrected chi connectivity index (χ1v) is 5.32. The van der Waals surface area contributed by atoms with E-state index >= 15 is 0 Å². The Morgan fingerprint density at radius 1 is 1.28 bits per heavy atom. The molecule has 2 rings (SSSR count). The summed E-state index contributed by atoms with van der Waals surface area (Å²) < 4.78 is 1.84. The van der Waals surface area contributed by atoms with E-state index in [0.717, 1.165) is 0 Å². The minimum absolute atomic E-state index is 0.0228.